The highest BCUT2D eigenvalue weighted by molar-refractivity contribution is 5.74. The van der Waals surface area contributed by atoms with E-state index in [9.17, 15) is 14.7 Å². The molecule has 5 nitrogen and oxygen atoms in total. The Hall–Kier alpha value is -1.10. The molecule has 0 saturated carbocycles. The molecule has 0 bridgehead atoms. The zero-order chi connectivity index (χ0) is 17.5. The molecule has 0 saturated heterocycles. The summed E-state index contributed by atoms with van der Waals surface area (Å²) in [6.07, 6.45) is 9.11. The number of hydrogen-bond donors (Lipinski definition) is 1. The van der Waals surface area contributed by atoms with Crippen molar-refractivity contribution in [3.8, 4) is 0 Å². The molecule has 0 aliphatic heterocycles. The smallest absolute Gasteiger partial charge is 0.335 e. The van der Waals surface area contributed by atoms with E-state index >= 15 is 0 Å². The molecular formula is C18H34O5. The quantitative estimate of drug-likeness (QED) is 0.388. The number of esters is 2. The van der Waals surface area contributed by atoms with Crippen LogP contribution in [0.4, 0.5) is 0 Å². The summed E-state index contributed by atoms with van der Waals surface area (Å²) >= 11 is 0. The summed E-state index contributed by atoms with van der Waals surface area (Å²) in [5.41, 5.74) is 0. The summed E-state index contributed by atoms with van der Waals surface area (Å²) in [5.74, 6) is -1.03. The Morgan fingerprint density at radius 3 is 2.04 bits per heavy atom. The SMILES string of the molecule is CCCCCCCCCC[C@@H](COC(=O)[C@H](O)CC)OC(C)=O. The van der Waals surface area contributed by atoms with Crippen LogP contribution in [0.25, 0.3) is 0 Å². The maximum Gasteiger partial charge on any atom is 0.335 e. The number of ether oxygens (including phenoxy) is 2. The van der Waals surface area contributed by atoms with E-state index in [0.29, 0.717) is 12.8 Å². The van der Waals surface area contributed by atoms with Gasteiger partial charge in [-0.05, 0) is 19.3 Å². The lowest BCUT2D eigenvalue weighted by atomic mass is 10.1. The molecule has 0 aromatic heterocycles. The first-order valence-corrected chi connectivity index (χ1v) is 9.03. The van der Waals surface area contributed by atoms with Crippen LogP contribution in [0, 0.1) is 0 Å². The predicted molar refractivity (Wildman–Crippen MR) is 90.0 cm³/mol. The number of rotatable bonds is 14. The topological polar surface area (TPSA) is 72.8 Å². The molecule has 136 valence electrons. The molecule has 0 fully saturated rings. The van der Waals surface area contributed by atoms with Crippen molar-refractivity contribution in [2.75, 3.05) is 6.61 Å². The molecule has 0 unspecified atom stereocenters. The first kappa shape index (κ1) is 21.9. The lowest BCUT2D eigenvalue weighted by Crippen LogP contribution is -2.29. The van der Waals surface area contributed by atoms with E-state index < -0.39 is 18.2 Å². The summed E-state index contributed by atoms with van der Waals surface area (Å²) in [6, 6.07) is 0. The van der Waals surface area contributed by atoms with Gasteiger partial charge in [0.05, 0.1) is 0 Å². The second kappa shape index (κ2) is 14.5. The maximum absolute atomic E-state index is 11.5. The lowest BCUT2D eigenvalue weighted by Gasteiger charge is -2.18. The monoisotopic (exact) mass is 330 g/mol. The van der Waals surface area contributed by atoms with Gasteiger partial charge >= 0.3 is 11.9 Å². The van der Waals surface area contributed by atoms with Crippen molar-refractivity contribution >= 4 is 11.9 Å². The Morgan fingerprint density at radius 2 is 1.52 bits per heavy atom. The normalized spacial score (nSPS) is 13.4. The summed E-state index contributed by atoms with van der Waals surface area (Å²) in [4.78, 5) is 22.6. The highest BCUT2D eigenvalue weighted by atomic mass is 16.6. The van der Waals surface area contributed by atoms with Crippen LogP contribution in [0.3, 0.4) is 0 Å². The van der Waals surface area contributed by atoms with Crippen molar-refractivity contribution in [2.24, 2.45) is 0 Å². The van der Waals surface area contributed by atoms with Gasteiger partial charge in [-0.3, -0.25) is 4.79 Å². The van der Waals surface area contributed by atoms with E-state index in [1.54, 1.807) is 6.92 Å². The molecule has 0 radical (unpaired) electrons. The van der Waals surface area contributed by atoms with Gasteiger partial charge in [-0.25, -0.2) is 4.79 Å². The third-order valence-electron chi connectivity index (χ3n) is 3.78. The third kappa shape index (κ3) is 13.1. The van der Waals surface area contributed by atoms with E-state index in [4.69, 9.17) is 9.47 Å². The van der Waals surface area contributed by atoms with E-state index in [2.05, 4.69) is 6.92 Å². The van der Waals surface area contributed by atoms with Crippen molar-refractivity contribution < 1.29 is 24.2 Å². The van der Waals surface area contributed by atoms with E-state index in [-0.39, 0.29) is 12.6 Å². The summed E-state index contributed by atoms with van der Waals surface area (Å²) in [6.45, 7) is 5.28. The Bertz CT molecular complexity index is 317. The van der Waals surface area contributed by atoms with Gasteiger partial charge in [0.15, 0.2) is 6.10 Å². The van der Waals surface area contributed by atoms with Crippen LogP contribution in [0.2, 0.25) is 0 Å². The zero-order valence-corrected chi connectivity index (χ0v) is 15.0. The van der Waals surface area contributed by atoms with Crippen molar-refractivity contribution in [3.05, 3.63) is 0 Å². The fourth-order valence-corrected chi connectivity index (χ4v) is 2.35. The molecule has 0 aliphatic rings. The van der Waals surface area contributed by atoms with Crippen LogP contribution in [-0.4, -0.2) is 35.9 Å². The van der Waals surface area contributed by atoms with Crippen LogP contribution in [0.15, 0.2) is 0 Å². The Morgan fingerprint density at radius 1 is 0.957 bits per heavy atom. The van der Waals surface area contributed by atoms with Crippen molar-refractivity contribution in [3.63, 3.8) is 0 Å². The largest absolute Gasteiger partial charge is 0.460 e. The number of hydrogen-bond acceptors (Lipinski definition) is 5. The minimum absolute atomic E-state index is 0.0198. The average Bonchev–Trinajstić information content (AvgIpc) is 2.53. The van der Waals surface area contributed by atoms with E-state index in [1.807, 2.05) is 0 Å². The number of aliphatic hydroxyl groups is 1. The van der Waals surface area contributed by atoms with Gasteiger partial charge in [0.2, 0.25) is 0 Å². The van der Waals surface area contributed by atoms with Gasteiger partial charge in [0, 0.05) is 6.92 Å². The van der Waals surface area contributed by atoms with Gasteiger partial charge in [-0.2, -0.15) is 0 Å². The van der Waals surface area contributed by atoms with E-state index in [1.165, 1.54) is 45.4 Å². The molecule has 0 aromatic carbocycles. The minimum atomic E-state index is -1.10. The fraction of sp³-hybridized carbons (Fsp3) is 0.889. The molecule has 0 spiro atoms. The standard InChI is InChI=1S/C18H34O5/c1-4-6-7-8-9-10-11-12-13-16(23-15(3)19)14-22-18(21)17(20)5-2/h16-17,20H,4-14H2,1-3H3/t16-,17+/m0/s1. The lowest BCUT2D eigenvalue weighted by molar-refractivity contribution is -0.163. The fourth-order valence-electron chi connectivity index (χ4n) is 2.35. The Labute approximate surface area is 140 Å². The van der Waals surface area contributed by atoms with Crippen molar-refractivity contribution in [1.29, 1.82) is 0 Å². The summed E-state index contributed by atoms with van der Waals surface area (Å²) in [7, 11) is 0. The van der Waals surface area contributed by atoms with Crippen molar-refractivity contribution in [2.45, 2.75) is 97.2 Å². The first-order valence-electron chi connectivity index (χ1n) is 9.03. The number of carbonyl (C=O) groups excluding carboxylic acids is 2. The molecular weight excluding hydrogens is 296 g/mol. The number of carbonyl (C=O) groups is 2. The summed E-state index contributed by atoms with van der Waals surface area (Å²) < 4.78 is 10.2. The molecule has 0 rings (SSSR count). The molecule has 0 aliphatic carbocycles. The van der Waals surface area contributed by atoms with Crippen LogP contribution < -0.4 is 0 Å². The van der Waals surface area contributed by atoms with Crippen LogP contribution in [-0.2, 0) is 19.1 Å². The third-order valence-corrected chi connectivity index (χ3v) is 3.78. The van der Waals surface area contributed by atoms with Gasteiger partial charge in [0.1, 0.15) is 12.7 Å². The van der Waals surface area contributed by atoms with Crippen LogP contribution in [0.5, 0.6) is 0 Å². The molecule has 0 aromatic rings. The summed E-state index contributed by atoms with van der Waals surface area (Å²) in [5, 5.41) is 9.37. The highest BCUT2D eigenvalue weighted by Crippen LogP contribution is 2.12. The highest BCUT2D eigenvalue weighted by Gasteiger charge is 2.18. The molecule has 1 N–H and O–H groups in total. The Kier molecular flexibility index (Phi) is 13.8. The second-order valence-electron chi connectivity index (χ2n) is 6.05. The van der Waals surface area contributed by atoms with Gasteiger partial charge in [-0.1, -0.05) is 58.8 Å². The minimum Gasteiger partial charge on any atom is -0.460 e. The molecule has 0 amide bonds. The number of unbranched alkanes of at least 4 members (excludes halogenated alkanes) is 7. The van der Waals surface area contributed by atoms with Crippen LogP contribution >= 0.6 is 0 Å². The first-order chi connectivity index (χ1) is 11.0. The van der Waals surface area contributed by atoms with Gasteiger partial charge in [0.25, 0.3) is 0 Å². The van der Waals surface area contributed by atoms with E-state index in [0.717, 1.165) is 12.8 Å². The zero-order valence-electron chi connectivity index (χ0n) is 15.0. The second-order valence-corrected chi connectivity index (χ2v) is 6.05. The van der Waals surface area contributed by atoms with Crippen molar-refractivity contribution in [1.82, 2.24) is 0 Å². The Balaban J connectivity index is 3.88. The molecule has 23 heavy (non-hydrogen) atoms. The average molecular weight is 330 g/mol. The molecule has 2 atom stereocenters. The molecule has 5 heteroatoms. The van der Waals surface area contributed by atoms with Crippen LogP contribution in [0.1, 0.15) is 85.0 Å². The maximum atomic E-state index is 11.5. The van der Waals surface area contributed by atoms with Gasteiger partial charge < -0.3 is 14.6 Å². The van der Waals surface area contributed by atoms with Gasteiger partial charge in [-0.15, -0.1) is 0 Å². The molecule has 0 heterocycles. The predicted octanol–water partition coefficient (Wildman–Crippen LogP) is 3.76. The number of aliphatic hydroxyl groups excluding tert-OH is 1.